The molecule has 2 aliphatic heterocycles. The normalized spacial score (nSPS) is 23.9. The fraction of sp³-hybridized carbons (Fsp3) is 0.400. The van der Waals surface area contributed by atoms with Crippen LogP contribution < -0.4 is 0 Å². The molecule has 192 valence electrons. The number of nitrogens with zero attached hydrogens (tertiary/aromatic N) is 4. The summed E-state index contributed by atoms with van der Waals surface area (Å²) in [6.45, 7) is 7.16. The number of hydrogen-bond donors (Lipinski definition) is 1. The molecule has 2 amide bonds. The Bertz CT molecular complexity index is 1230. The van der Waals surface area contributed by atoms with E-state index in [1.165, 1.54) is 4.90 Å². The largest absolute Gasteiger partial charge is 0.390 e. The number of likely N-dealkylation sites (tertiary alicyclic amines) is 1. The van der Waals surface area contributed by atoms with E-state index in [-0.39, 0.29) is 23.9 Å². The van der Waals surface area contributed by atoms with Crippen LogP contribution in [-0.2, 0) is 0 Å². The number of carbonyl (C=O) groups excluding carboxylic acids is 2. The maximum atomic E-state index is 12.8. The molecule has 5 rings (SSSR count). The van der Waals surface area contributed by atoms with Crippen molar-refractivity contribution in [2.75, 3.05) is 13.1 Å². The number of hydrogen-bond acceptors (Lipinski definition) is 6. The summed E-state index contributed by atoms with van der Waals surface area (Å²) in [5.41, 5.74) is 4.25. The molecule has 2 atom stereocenters. The topological polar surface area (TPSA) is 86.6 Å². The van der Waals surface area contributed by atoms with Crippen LogP contribution in [0.2, 0.25) is 0 Å². The zero-order valence-corrected chi connectivity index (χ0v) is 21.7. The summed E-state index contributed by atoms with van der Waals surface area (Å²) < 4.78 is 0. The minimum atomic E-state index is -0.861. The molecule has 0 radical (unpaired) electrons. The number of aryl methyl sites for hydroxylation is 2. The van der Waals surface area contributed by atoms with E-state index in [0.717, 1.165) is 35.5 Å². The Kier molecular flexibility index (Phi) is 6.92. The molecule has 2 unspecified atom stereocenters. The Labute approximate surface area is 218 Å². The summed E-state index contributed by atoms with van der Waals surface area (Å²) in [6, 6.07) is 14.9. The monoisotopic (exact) mass is 498 g/mol. The van der Waals surface area contributed by atoms with Crippen molar-refractivity contribution in [2.24, 2.45) is 0 Å². The molecule has 0 aliphatic carbocycles. The Morgan fingerprint density at radius 2 is 1.30 bits per heavy atom. The average molecular weight is 499 g/mol. The van der Waals surface area contributed by atoms with Crippen LogP contribution >= 0.6 is 0 Å². The van der Waals surface area contributed by atoms with Gasteiger partial charge < -0.3 is 5.11 Å². The molecule has 37 heavy (non-hydrogen) atoms. The molecule has 1 saturated heterocycles. The van der Waals surface area contributed by atoms with Gasteiger partial charge in [-0.3, -0.25) is 29.4 Å². The SMILES string of the molecule is Cc1cccnc1C1CC(C)(O)CC(c2ncccc2C)N1CCCCN1C(=O)c2ccccc2C1=O. The van der Waals surface area contributed by atoms with Crippen LogP contribution in [0.5, 0.6) is 0 Å². The summed E-state index contributed by atoms with van der Waals surface area (Å²) in [4.78, 5) is 38.8. The van der Waals surface area contributed by atoms with Crippen LogP contribution in [0.3, 0.4) is 0 Å². The Morgan fingerprint density at radius 1 is 0.811 bits per heavy atom. The van der Waals surface area contributed by atoms with E-state index in [1.54, 1.807) is 24.3 Å². The molecule has 0 bridgehead atoms. The minimum Gasteiger partial charge on any atom is -0.390 e. The Morgan fingerprint density at radius 3 is 1.78 bits per heavy atom. The highest BCUT2D eigenvalue weighted by atomic mass is 16.3. The van der Waals surface area contributed by atoms with E-state index < -0.39 is 5.60 Å². The summed E-state index contributed by atoms with van der Waals surface area (Å²) in [5.74, 6) is -0.419. The lowest BCUT2D eigenvalue weighted by Gasteiger charge is -2.48. The molecule has 0 saturated carbocycles. The van der Waals surface area contributed by atoms with E-state index in [9.17, 15) is 14.7 Å². The number of fused-ring (bicyclic) bond motifs is 1. The second-order valence-corrected chi connectivity index (χ2v) is 10.6. The van der Waals surface area contributed by atoms with Gasteiger partial charge >= 0.3 is 0 Å². The maximum absolute atomic E-state index is 12.8. The van der Waals surface area contributed by atoms with Gasteiger partial charge in [-0.1, -0.05) is 24.3 Å². The number of benzene rings is 1. The van der Waals surface area contributed by atoms with Gasteiger partial charge in [0.25, 0.3) is 11.8 Å². The van der Waals surface area contributed by atoms with Crippen molar-refractivity contribution in [1.82, 2.24) is 19.8 Å². The zero-order chi connectivity index (χ0) is 26.2. The van der Waals surface area contributed by atoms with Crippen LogP contribution in [0.25, 0.3) is 0 Å². The number of carbonyl (C=O) groups is 2. The summed E-state index contributed by atoms with van der Waals surface area (Å²) in [7, 11) is 0. The van der Waals surface area contributed by atoms with Crippen molar-refractivity contribution in [3.63, 3.8) is 0 Å². The number of pyridine rings is 2. The first-order valence-electron chi connectivity index (χ1n) is 13.0. The van der Waals surface area contributed by atoms with Gasteiger partial charge in [0, 0.05) is 18.9 Å². The van der Waals surface area contributed by atoms with Crippen LogP contribution in [0, 0.1) is 13.8 Å². The van der Waals surface area contributed by atoms with Crippen molar-refractivity contribution >= 4 is 11.8 Å². The van der Waals surface area contributed by atoms with Gasteiger partial charge in [-0.25, -0.2) is 0 Å². The van der Waals surface area contributed by atoms with Crippen LogP contribution in [0.4, 0.5) is 0 Å². The lowest BCUT2D eigenvalue weighted by atomic mass is 9.79. The van der Waals surface area contributed by atoms with Crippen LogP contribution in [-0.4, -0.2) is 55.4 Å². The predicted molar refractivity (Wildman–Crippen MR) is 141 cm³/mol. The molecule has 3 aromatic rings. The van der Waals surface area contributed by atoms with E-state index in [1.807, 2.05) is 31.5 Å². The molecule has 1 aromatic carbocycles. The fourth-order valence-electron chi connectivity index (χ4n) is 5.89. The van der Waals surface area contributed by atoms with E-state index in [0.29, 0.717) is 36.9 Å². The third kappa shape index (κ3) is 4.93. The minimum absolute atomic E-state index is 0.0735. The van der Waals surface area contributed by atoms with Crippen LogP contribution in [0.15, 0.2) is 60.9 Å². The van der Waals surface area contributed by atoms with E-state index >= 15 is 0 Å². The quantitative estimate of drug-likeness (QED) is 0.372. The van der Waals surface area contributed by atoms with Gasteiger partial charge in [-0.05, 0) is 88.4 Å². The number of rotatable bonds is 7. The third-order valence-electron chi connectivity index (χ3n) is 7.72. The van der Waals surface area contributed by atoms with Gasteiger partial charge in [0.2, 0.25) is 0 Å². The third-order valence-corrected chi connectivity index (χ3v) is 7.72. The van der Waals surface area contributed by atoms with Gasteiger partial charge in [0.05, 0.1) is 40.2 Å². The van der Waals surface area contributed by atoms with Crippen molar-refractivity contribution < 1.29 is 14.7 Å². The molecule has 0 spiro atoms. The first-order valence-corrected chi connectivity index (χ1v) is 13.0. The Hall–Kier alpha value is -3.42. The first-order chi connectivity index (χ1) is 17.8. The van der Waals surface area contributed by atoms with Crippen molar-refractivity contribution in [3.05, 3.63) is 94.6 Å². The number of aromatic nitrogens is 2. The van der Waals surface area contributed by atoms with Gasteiger partial charge in [0.1, 0.15) is 0 Å². The molecule has 7 heteroatoms. The van der Waals surface area contributed by atoms with Crippen molar-refractivity contribution in [3.8, 4) is 0 Å². The highest BCUT2D eigenvalue weighted by molar-refractivity contribution is 6.21. The molecular formula is C30H34N4O3. The second-order valence-electron chi connectivity index (χ2n) is 10.6. The Balaban J connectivity index is 1.37. The molecule has 7 nitrogen and oxygen atoms in total. The van der Waals surface area contributed by atoms with Crippen molar-refractivity contribution in [2.45, 2.75) is 64.1 Å². The second kappa shape index (κ2) is 10.1. The zero-order valence-electron chi connectivity index (χ0n) is 21.7. The van der Waals surface area contributed by atoms with Gasteiger partial charge in [0.15, 0.2) is 0 Å². The lowest BCUT2D eigenvalue weighted by molar-refractivity contribution is -0.0687. The number of imide groups is 1. The number of aliphatic hydroxyl groups is 1. The molecular weight excluding hydrogens is 464 g/mol. The highest BCUT2D eigenvalue weighted by Gasteiger charge is 2.44. The van der Waals surface area contributed by atoms with Gasteiger partial charge in [-0.15, -0.1) is 0 Å². The smallest absolute Gasteiger partial charge is 0.261 e. The van der Waals surface area contributed by atoms with E-state index in [4.69, 9.17) is 9.97 Å². The molecule has 1 fully saturated rings. The van der Waals surface area contributed by atoms with Crippen molar-refractivity contribution in [1.29, 1.82) is 0 Å². The standard InChI is InChI=1S/C30H34N4O3/c1-20-10-8-14-31-26(20)24-18-30(3,37)19-25(27-21(2)11-9-15-32-27)33(24)16-6-7-17-34-28(35)22-12-4-5-13-23(22)29(34)36/h4-5,8-15,24-25,37H,6-7,16-19H2,1-3H3. The number of amides is 2. The van der Waals surface area contributed by atoms with Crippen LogP contribution in [0.1, 0.15) is 87.9 Å². The molecule has 4 heterocycles. The molecule has 2 aromatic heterocycles. The maximum Gasteiger partial charge on any atom is 0.261 e. The summed E-state index contributed by atoms with van der Waals surface area (Å²) in [6.07, 6.45) is 6.26. The van der Waals surface area contributed by atoms with E-state index in [2.05, 4.69) is 30.9 Å². The van der Waals surface area contributed by atoms with Gasteiger partial charge in [-0.2, -0.15) is 0 Å². The first kappa shape index (κ1) is 25.2. The predicted octanol–water partition coefficient (Wildman–Crippen LogP) is 4.80. The molecule has 2 aliphatic rings. The fourth-order valence-corrected chi connectivity index (χ4v) is 5.89. The lowest BCUT2D eigenvalue weighted by Crippen LogP contribution is -2.47. The number of unbranched alkanes of at least 4 members (excludes halogenated alkanes) is 1. The molecule has 1 N–H and O–H groups in total. The number of piperidine rings is 1. The summed E-state index contributed by atoms with van der Waals surface area (Å²) in [5, 5.41) is 11.3. The average Bonchev–Trinajstić information content (AvgIpc) is 3.12. The summed E-state index contributed by atoms with van der Waals surface area (Å²) >= 11 is 0. The highest BCUT2D eigenvalue weighted by Crippen LogP contribution is 2.46.